The molecule has 0 aliphatic carbocycles. The number of halogens is 2. The minimum Gasteiger partial charge on any atom is -0.484 e. The van der Waals surface area contributed by atoms with Crippen molar-refractivity contribution in [3.63, 3.8) is 0 Å². The number of ether oxygens (including phenoxy) is 1. The first kappa shape index (κ1) is 15.5. The average Bonchev–Trinajstić information content (AvgIpc) is 2.46. The number of ketones is 1. The van der Waals surface area contributed by atoms with Crippen LogP contribution in [0, 0.1) is 10.1 Å². The van der Waals surface area contributed by atoms with Crippen molar-refractivity contribution in [1.82, 2.24) is 0 Å². The lowest BCUT2D eigenvalue weighted by molar-refractivity contribution is -0.385. The van der Waals surface area contributed by atoms with Crippen LogP contribution in [0.3, 0.4) is 0 Å². The van der Waals surface area contributed by atoms with E-state index in [2.05, 4.69) is 15.9 Å². The molecule has 7 heteroatoms. The van der Waals surface area contributed by atoms with Crippen LogP contribution in [0.4, 0.5) is 5.69 Å². The van der Waals surface area contributed by atoms with Crippen LogP contribution in [0.25, 0.3) is 0 Å². The molecule has 0 saturated carbocycles. The van der Waals surface area contributed by atoms with E-state index in [1.807, 2.05) is 0 Å². The predicted molar refractivity (Wildman–Crippen MR) is 82.1 cm³/mol. The van der Waals surface area contributed by atoms with Gasteiger partial charge in [-0.1, -0.05) is 17.7 Å². The summed E-state index contributed by atoms with van der Waals surface area (Å²) in [6.45, 7) is -0.221. The highest BCUT2D eigenvalue weighted by molar-refractivity contribution is 9.10. The van der Waals surface area contributed by atoms with E-state index >= 15 is 0 Å². The first-order chi connectivity index (χ1) is 9.99. The molecule has 0 amide bonds. The van der Waals surface area contributed by atoms with Crippen LogP contribution in [0.1, 0.15) is 10.4 Å². The van der Waals surface area contributed by atoms with Crippen molar-refractivity contribution >= 4 is 39.0 Å². The number of rotatable bonds is 5. The van der Waals surface area contributed by atoms with E-state index in [0.717, 1.165) is 0 Å². The average molecular weight is 371 g/mol. The summed E-state index contributed by atoms with van der Waals surface area (Å²) in [6, 6.07) is 10.8. The Morgan fingerprint density at radius 2 is 1.90 bits per heavy atom. The van der Waals surface area contributed by atoms with Crippen molar-refractivity contribution in [3.8, 4) is 5.75 Å². The third-order valence-electron chi connectivity index (χ3n) is 2.66. The summed E-state index contributed by atoms with van der Waals surface area (Å²) in [5.41, 5.74) is 0.340. The summed E-state index contributed by atoms with van der Waals surface area (Å²) in [7, 11) is 0. The number of benzene rings is 2. The van der Waals surface area contributed by atoms with Gasteiger partial charge in [-0.2, -0.15) is 0 Å². The van der Waals surface area contributed by atoms with Crippen molar-refractivity contribution < 1.29 is 14.5 Å². The lowest BCUT2D eigenvalue weighted by atomic mass is 10.1. The van der Waals surface area contributed by atoms with Crippen LogP contribution < -0.4 is 4.74 Å². The second-order valence-corrected chi connectivity index (χ2v) is 5.29. The molecule has 0 radical (unpaired) electrons. The van der Waals surface area contributed by atoms with Crippen molar-refractivity contribution in [1.29, 1.82) is 0 Å². The number of nitrogens with zero attached hydrogens (tertiary/aromatic N) is 1. The Bertz CT molecular complexity index is 688. The molecule has 0 N–H and O–H groups in total. The molecular formula is C14H9BrClNO4. The fraction of sp³-hybridized carbons (Fsp3) is 0.0714. The van der Waals surface area contributed by atoms with E-state index in [-0.39, 0.29) is 28.3 Å². The predicted octanol–water partition coefficient (Wildman–Crippen LogP) is 4.27. The van der Waals surface area contributed by atoms with Gasteiger partial charge in [-0.3, -0.25) is 14.9 Å². The molecule has 0 bridgehead atoms. The van der Waals surface area contributed by atoms with Crippen LogP contribution in [0.2, 0.25) is 5.02 Å². The van der Waals surface area contributed by atoms with Gasteiger partial charge in [0, 0.05) is 16.7 Å². The third-order valence-corrected chi connectivity index (χ3v) is 3.71. The van der Waals surface area contributed by atoms with Crippen molar-refractivity contribution in [2.75, 3.05) is 6.61 Å². The van der Waals surface area contributed by atoms with E-state index in [1.54, 1.807) is 30.3 Å². The van der Waals surface area contributed by atoms with E-state index in [1.165, 1.54) is 12.1 Å². The first-order valence-electron chi connectivity index (χ1n) is 5.83. The molecule has 21 heavy (non-hydrogen) atoms. The molecule has 5 nitrogen and oxygen atoms in total. The maximum absolute atomic E-state index is 11.9. The molecule has 2 rings (SSSR count). The van der Waals surface area contributed by atoms with Crippen molar-refractivity contribution in [2.45, 2.75) is 0 Å². The van der Waals surface area contributed by atoms with E-state index < -0.39 is 4.92 Å². The minimum absolute atomic E-state index is 0.119. The molecule has 0 saturated heterocycles. The molecule has 0 aliphatic rings. The number of nitro benzene ring substituents is 1. The summed E-state index contributed by atoms with van der Waals surface area (Å²) in [5.74, 6) is -0.00316. The Hall–Kier alpha value is -1.92. The molecule has 0 aliphatic heterocycles. The molecule has 2 aromatic carbocycles. The first-order valence-corrected chi connectivity index (χ1v) is 7.00. The van der Waals surface area contributed by atoms with Gasteiger partial charge in [0.05, 0.1) is 4.92 Å². The molecule has 0 aromatic heterocycles. The van der Waals surface area contributed by atoms with Gasteiger partial charge in [-0.15, -0.1) is 0 Å². The molecular weight excluding hydrogens is 362 g/mol. The summed E-state index contributed by atoms with van der Waals surface area (Å²) in [4.78, 5) is 22.2. The number of carbonyl (C=O) groups excluding carboxylic acids is 1. The quantitative estimate of drug-likeness (QED) is 0.448. The summed E-state index contributed by atoms with van der Waals surface area (Å²) in [5, 5.41) is 11.3. The number of hydrogen-bond donors (Lipinski definition) is 0. The molecule has 2 aromatic rings. The van der Waals surface area contributed by atoms with Crippen LogP contribution in [0.5, 0.6) is 5.75 Å². The highest BCUT2D eigenvalue weighted by atomic mass is 79.9. The van der Waals surface area contributed by atoms with Gasteiger partial charge in [-0.05, 0) is 46.3 Å². The zero-order valence-electron chi connectivity index (χ0n) is 10.6. The molecule has 0 atom stereocenters. The maximum atomic E-state index is 11.9. The fourth-order valence-corrected chi connectivity index (χ4v) is 2.26. The van der Waals surface area contributed by atoms with Crippen molar-refractivity contribution in [2.24, 2.45) is 0 Å². The summed E-state index contributed by atoms with van der Waals surface area (Å²) in [6.07, 6.45) is 0. The lowest BCUT2D eigenvalue weighted by Crippen LogP contribution is -2.11. The zero-order chi connectivity index (χ0) is 15.4. The van der Waals surface area contributed by atoms with E-state index in [0.29, 0.717) is 10.6 Å². The van der Waals surface area contributed by atoms with Crippen LogP contribution in [0.15, 0.2) is 46.9 Å². The number of Topliss-reactive ketones (excluding diaryl/α,β-unsaturated/α-hetero) is 1. The van der Waals surface area contributed by atoms with Gasteiger partial charge in [0.2, 0.25) is 0 Å². The Labute approximate surface area is 133 Å². The molecule has 0 unspecified atom stereocenters. The highest BCUT2D eigenvalue weighted by Crippen LogP contribution is 2.33. The highest BCUT2D eigenvalue weighted by Gasteiger charge is 2.17. The van der Waals surface area contributed by atoms with E-state index in [9.17, 15) is 14.9 Å². The van der Waals surface area contributed by atoms with Gasteiger partial charge >= 0.3 is 0 Å². The third kappa shape index (κ3) is 3.80. The monoisotopic (exact) mass is 369 g/mol. The van der Waals surface area contributed by atoms with Gasteiger partial charge in [0.25, 0.3) is 5.69 Å². The van der Waals surface area contributed by atoms with Gasteiger partial charge in [0.15, 0.2) is 12.4 Å². The second-order valence-electron chi connectivity index (χ2n) is 4.07. The SMILES string of the molecule is O=C(COc1cccc([N+](=O)[O-])c1Br)c1ccc(Cl)cc1. The zero-order valence-corrected chi connectivity index (χ0v) is 12.9. The smallest absolute Gasteiger partial charge is 0.287 e. The number of carbonyl (C=O) groups is 1. The fourth-order valence-electron chi connectivity index (χ4n) is 1.61. The minimum atomic E-state index is -0.530. The maximum Gasteiger partial charge on any atom is 0.287 e. The van der Waals surface area contributed by atoms with Gasteiger partial charge in [0.1, 0.15) is 10.2 Å². The normalized spacial score (nSPS) is 10.2. The Morgan fingerprint density at radius 3 is 2.52 bits per heavy atom. The topological polar surface area (TPSA) is 69.4 Å². The molecule has 0 fully saturated rings. The standard InChI is InChI=1S/C14H9BrClNO4/c15-14-11(17(19)20)2-1-3-13(14)21-8-12(18)9-4-6-10(16)7-5-9/h1-7H,8H2. The number of nitro groups is 1. The molecule has 0 spiro atoms. The molecule has 108 valence electrons. The largest absolute Gasteiger partial charge is 0.484 e. The van der Waals surface area contributed by atoms with Crippen LogP contribution >= 0.6 is 27.5 Å². The molecule has 0 heterocycles. The van der Waals surface area contributed by atoms with E-state index in [4.69, 9.17) is 16.3 Å². The Kier molecular flexibility index (Phi) is 4.93. The van der Waals surface area contributed by atoms with Crippen LogP contribution in [-0.2, 0) is 0 Å². The lowest BCUT2D eigenvalue weighted by Gasteiger charge is -2.07. The second kappa shape index (κ2) is 6.69. The Balaban J connectivity index is 2.10. The van der Waals surface area contributed by atoms with Crippen LogP contribution in [-0.4, -0.2) is 17.3 Å². The number of hydrogen-bond acceptors (Lipinski definition) is 4. The summed E-state index contributed by atoms with van der Waals surface area (Å²) < 4.78 is 5.55. The van der Waals surface area contributed by atoms with Gasteiger partial charge < -0.3 is 4.74 Å². The Morgan fingerprint density at radius 1 is 1.24 bits per heavy atom. The van der Waals surface area contributed by atoms with Gasteiger partial charge in [-0.25, -0.2) is 0 Å². The van der Waals surface area contributed by atoms with Crippen molar-refractivity contribution in [3.05, 3.63) is 67.6 Å². The summed E-state index contributed by atoms with van der Waals surface area (Å²) >= 11 is 8.85.